The zero-order chi connectivity index (χ0) is 12.5. The van der Waals surface area contributed by atoms with Crippen molar-refractivity contribution in [2.24, 2.45) is 0 Å². The lowest BCUT2D eigenvalue weighted by Crippen LogP contribution is -2.17. The Labute approximate surface area is 112 Å². The van der Waals surface area contributed by atoms with Crippen LogP contribution in [0.15, 0.2) is 0 Å². The SMILES string of the molecule is [CH](CCCOC1CCCCC1)CCCOC1CC1. The van der Waals surface area contributed by atoms with E-state index in [4.69, 9.17) is 9.47 Å². The Bertz CT molecular complexity index is 195. The number of ether oxygens (including phenoxy) is 2. The zero-order valence-corrected chi connectivity index (χ0v) is 11.7. The lowest BCUT2D eigenvalue weighted by atomic mass is 9.98. The molecule has 0 atom stereocenters. The molecular formula is C16H29O2. The van der Waals surface area contributed by atoms with E-state index in [0.717, 1.165) is 13.2 Å². The Balaban J connectivity index is 1.28. The van der Waals surface area contributed by atoms with Crippen molar-refractivity contribution in [2.45, 2.75) is 82.8 Å². The van der Waals surface area contributed by atoms with Crippen molar-refractivity contribution in [3.8, 4) is 0 Å². The molecule has 0 aromatic rings. The van der Waals surface area contributed by atoms with Crippen LogP contribution < -0.4 is 0 Å². The highest BCUT2D eigenvalue weighted by molar-refractivity contribution is 4.73. The first-order valence-corrected chi connectivity index (χ1v) is 8.00. The summed E-state index contributed by atoms with van der Waals surface area (Å²) in [6.45, 7) is 1.92. The Kier molecular flexibility index (Phi) is 7.11. The number of hydrogen-bond donors (Lipinski definition) is 0. The van der Waals surface area contributed by atoms with Crippen LogP contribution >= 0.6 is 0 Å². The summed E-state index contributed by atoms with van der Waals surface area (Å²) >= 11 is 0. The molecule has 0 spiro atoms. The Morgan fingerprint density at radius 3 is 1.83 bits per heavy atom. The maximum absolute atomic E-state index is 5.91. The van der Waals surface area contributed by atoms with Crippen LogP contribution in [0.1, 0.15) is 70.6 Å². The van der Waals surface area contributed by atoms with Gasteiger partial charge in [0.1, 0.15) is 0 Å². The molecule has 105 valence electrons. The summed E-state index contributed by atoms with van der Waals surface area (Å²) in [5, 5.41) is 0. The first-order valence-electron chi connectivity index (χ1n) is 8.00. The smallest absolute Gasteiger partial charge is 0.0577 e. The van der Waals surface area contributed by atoms with Crippen molar-refractivity contribution in [3.63, 3.8) is 0 Å². The summed E-state index contributed by atoms with van der Waals surface area (Å²) in [7, 11) is 0. The van der Waals surface area contributed by atoms with Gasteiger partial charge in [-0.15, -0.1) is 0 Å². The van der Waals surface area contributed by atoms with Gasteiger partial charge < -0.3 is 9.47 Å². The van der Waals surface area contributed by atoms with Gasteiger partial charge in [0.2, 0.25) is 0 Å². The fourth-order valence-electron chi connectivity index (χ4n) is 2.57. The molecule has 0 N–H and O–H groups in total. The number of unbranched alkanes of at least 4 members (excludes halogenated alkanes) is 4. The highest BCUT2D eigenvalue weighted by atomic mass is 16.5. The van der Waals surface area contributed by atoms with Crippen LogP contribution in [0.25, 0.3) is 0 Å². The third-order valence-corrected chi connectivity index (χ3v) is 3.89. The van der Waals surface area contributed by atoms with E-state index in [-0.39, 0.29) is 0 Å². The van der Waals surface area contributed by atoms with Crippen LogP contribution in [-0.4, -0.2) is 25.4 Å². The highest BCUT2D eigenvalue weighted by Gasteiger charge is 2.21. The Morgan fingerprint density at radius 2 is 1.28 bits per heavy atom. The lowest BCUT2D eigenvalue weighted by molar-refractivity contribution is 0.0271. The maximum Gasteiger partial charge on any atom is 0.0577 e. The fraction of sp³-hybridized carbons (Fsp3) is 0.938. The molecule has 0 bridgehead atoms. The first kappa shape index (κ1) is 14.3. The van der Waals surface area contributed by atoms with Gasteiger partial charge in [-0.05, 0) is 57.8 Å². The predicted octanol–water partition coefficient (Wildman–Crippen LogP) is 4.28. The molecule has 2 rings (SSSR count). The quantitative estimate of drug-likeness (QED) is 0.541. The standard InChI is InChI=1S/C16H29O2/c1(3-8-14-18-16-11-12-16)2-7-13-17-15-9-5-4-6-10-15/h1,15-16H,2-14H2. The normalized spacial score (nSPS) is 21.3. The lowest BCUT2D eigenvalue weighted by Gasteiger charge is -2.21. The molecule has 2 aliphatic carbocycles. The van der Waals surface area contributed by atoms with Crippen molar-refractivity contribution in [3.05, 3.63) is 6.42 Å². The largest absolute Gasteiger partial charge is 0.378 e. The minimum atomic E-state index is 0.575. The van der Waals surface area contributed by atoms with E-state index < -0.39 is 0 Å². The van der Waals surface area contributed by atoms with Crippen LogP contribution in [-0.2, 0) is 9.47 Å². The molecule has 1 radical (unpaired) electrons. The van der Waals surface area contributed by atoms with E-state index in [2.05, 4.69) is 6.42 Å². The van der Waals surface area contributed by atoms with Gasteiger partial charge in [0.15, 0.2) is 0 Å². The van der Waals surface area contributed by atoms with Gasteiger partial charge in [0.05, 0.1) is 12.2 Å². The van der Waals surface area contributed by atoms with E-state index in [0.29, 0.717) is 12.2 Å². The molecule has 0 unspecified atom stereocenters. The summed E-state index contributed by atoms with van der Waals surface area (Å²) in [6.07, 6.45) is 17.7. The van der Waals surface area contributed by atoms with Crippen LogP contribution in [0.2, 0.25) is 0 Å². The number of hydrogen-bond acceptors (Lipinski definition) is 2. The molecule has 0 heterocycles. The number of rotatable bonds is 10. The van der Waals surface area contributed by atoms with Gasteiger partial charge in [-0.2, -0.15) is 0 Å². The van der Waals surface area contributed by atoms with Gasteiger partial charge >= 0.3 is 0 Å². The second-order valence-electron chi connectivity index (χ2n) is 5.77. The molecule has 2 heteroatoms. The topological polar surface area (TPSA) is 18.5 Å². The van der Waals surface area contributed by atoms with E-state index in [9.17, 15) is 0 Å². The molecule has 2 aliphatic rings. The minimum Gasteiger partial charge on any atom is -0.378 e. The zero-order valence-electron chi connectivity index (χ0n) is 11.7. The third-order valence-electron chi connectivity index (χ3n) is 3.89. The predicted molar refractivity (Wildman–Crippen MR) is 74.6 cm³/mol. The fourth-order valence-corrected chi connectivity index (χ4v) is 2.57. The highest BCUT2D eigenvalue weighted by Crippen LogP contribution is 2.23. The Hall–Kier alpha value is -0.0800. The summed E-state index contributed by atoms with van der Waals surface area (Å²) in [4.78, 5) is 0. The third kappa shape index (κ3) is 6.75. The van der Waals surface area contributed by atoms with Crippen LogP contribution in [0.3, 0.4) is 0 Å². The minimum absolute atomic E-state index is 0.575. The average Bonchev–Trinajstić information content (AvgIpc) is 3.22. The molecule has 18 heavy (non-hydrogen) atoms. The monoisotopic (exact) mass is 253 g/mol. The second-order valence-corrected chi connectivity index (χ2v) is 5.77. The van der Waals surface area contributed by atoms with Gasteiger partial charge in [-0.25, -0.2) is 0 Å². The molecule has 0 aliphatic heterocycles. The summed E-state index contributed by atoms with van der Waals surface area (Å²) in [5.41, 5.74) is 0. The molecule has 0 aromatic carbocycles. The van der Waals surface area contributed by atoms with Crippen LogP contribution in [0.4, 0.5) is 0 Å². The molecule has 2 nitrogen and oxygen atoms in total. The molecule has 2 fully saturated rings. The average molecular weight is 253 g/mol. The Morgan fingerprint density at radius 1 is 0.722 bits per heavy atom. The van der Waals surface area contributed by atoms with E-state index >= 15 is 0 Å². The molecular weight excluding hydrogens is 224 g/mol. The van der Waals surface area contributed by atoms with Gasteiger partial charge in [-0.3, -0.25) is 0 Å². The van der Waals surface area contributed by atoms with Crippen molar-refractivity contribution in [1.82, 2.24) is 0 Å². The van der Waals surface area contributed by atoms with Crippen molar-refractivity contribution in [2.75, 3.05) is 13.2 Å². The summed E-state index contributed by atoms with van der Waals surface area (Å²) < 4.78 is 11.5. The van der Waals surface area contributed by atoms with E-state index in [1.54, 1.807) is 0 Å². The second kappa shape index (κ2) is 8.92. The molecule has 0 amide bonds. The molecule has 0 saturated heterocycles. The van der Waals surface area contributed by atoms with Gasteiger partial charge in [-0.1, -0.05) is 19.3 Å². The maximum atomic E-state index is 5.91. The van der Waals surface area contributed by atoms with E-state index in [1.165, 1.54) is 70.6 Å². The van der Waals surface area contributed by atoms with Gasteiger partial charge in [0.25, 0.3) is 0 Å². The van der Waals surface area contributed by atoms with Crippen molar-refractivity contribution < 1.29 is 9.47 Å². The van der Waals surface area contributed by atoms with Crippen LogP contribution in [0, 0.1) is 6.42 Å². The van der Waals surface area contributed by atoms with Crippen LogP contribution in [0.5, 0.6) is 0 Å². The van der Waals surface area contributed by atoms with E-state index in [1.807, 2.05) is 0 Å². The summed E-state index contributed by atoms with van der Waals surface area (Å²) in [5.74, 6) is 0. The first-order chi connectivity index (χ1) is 8.95. The van der Waals surface area contributed by atoms with Crippen molar-refractivity contribution >= 4 is 0 Å². The molecule has 0 aromatic heterocycles. The molecule has 2 saturated carbocycles. The summed E-state index contributed by atoms with van der Waals surface area (Å²) in [6, 6.07) is 0. The van der Waals surface area contributed by atoms with Gasteiger partial charge in [0, 0.05) is 13.2 Å². The van der Waals surface area contributed by atoms with Crippen molar-refractivity contribution in [1.29, 1.82) is 0 Å².